The third-order valence-electron chi connectivity index (χ3n) is 2.43. The number of nitrogens with one attached hydrogen (secondary N) is 2. The highest BCUT2D eigenvalue weighted by atomic mass is 32.2. The SMILES string of the molecule is CCNCCS(=O)(=O)Nc1ccc(CC)cc1. The molecule has 1 rings (SSSR count). The van der Waals surface area contributed by atoms with E-state index in [2.05, 4.69) is 17.0 Å². The van der Waals surface area contributed by atoms with Gasteiger partial charge < -0.3 is 5.32 Å². The van der Waals surface area contributed by atoms with Crippen molar-refractivity contribution in [1.82, 2.24) is 5.32 Å². The van der Waals surface area contributed by atoms with E-state index in [1.54, 1.807) is 12.1 Å². The standard InChI is InChI=1S/C12H20N2O2S/c1-3-11-5-7-12(8-6-11)14-17(15,16)10-9-13-4-2/h5-8,13-14H,3-4,9-10H2,1-2H3. The maximum Gasteiger partial charge on any atom is 0.233 e. The molecule has 2 N–H and O–H groups in total. The van der Waals surface area contributed by atoms with Crippen molar-refractivity contribution in [2.75, 3.05) is 23.6 Å². The van der Waals surface area contributed by atoms with Crippen molar-refractivity contribution in [3.05, 3.63) is 29.8 Å². The van der Waals surface area contributed by atoms with Crippen LogP contribution < -0.4 is 10.0 Å². The van der Waals surface area contributed by atoms with E-state index in [0.717, 1.165) is 13.0 Å². The molecular formula is C12H20N2O2S. The van der Waals surface area contributed by atoms with E-state index < -0.39 is 10.0 Å². The monoisotopic (exact) mass is 256 g/mol. The van der Waals surface area contributed by atoms with E-state index in [-0.39, 0.29) is 5.75 Å². The second kappa shape index (κ2) is 6.61. The van der Waals surface area contributed by atoms with Gasteiger partial charge in [-0.15, -0.1) is 0 Å². The predicted molar refractivity (Wildman–Crippen MR) is 71.8 cm³/mol. The molecule has 1 aromatic rings. The Kier molecular flexibility index (Phi) is 5.44. The molecule has 0 radical (unpaired) electrons. The number of benzene rings is 1. The average Bonchev–Trinajstić information content (AvgIpc) is 2.30. The Morgan fingerprint density at radius 3 is 2.29 bits per heavy atom. The summed E-state index contributed by atoms with van der Waals surface area (Å²) in [4.78, 5) is 0. The third-order valence-corrected chi connectivity index (χ3v) is 3.72. The first-order chi connectivity index (χ1) is 8.07. The lowest BCUT2D eigenvalue weighted by Crippen LogP contribution is -2.26. The molecule has 0 saturated heterocycles. The summed E-state index contributed by atoms with van der Waals surface area (Å²) in [6.45, 7) is 5.26. The molecule has 0 saturated carbocycles. The first-order valence-electron chi connectivity index (χ1n) is 5.87. The Hall–Kier alpha value is -1.07. The van der Waals surface area contributed by atoms with Crippen LogP contribution in [0.25, 0.3) is 0 Å². The molecule has 96 valence electrons. The van der Waals surface area contributed by atoms with E-state index in [9.17, 15) is 8.42 Å². The zero-order valence-corrected chi connectivity index (χ0v) is 11.2. The summed E-state index contributed by atoms with van der Waals surface area (Å²) >= 11 is 0. The van der Waals surface area contributed by atoms with E-state index in [4.69, 9.17) is 0 Å². The molecule has 0 aliphatic heterocycles. The maximum atomic E-state index is 11.7. The van der Waals surface area contributed by atoms with Crippen LogP contribution in [-0.4, -0.2) is 27.3 Å². The van der Waals surface area contributed by atoms with Crippen molar-refractivity contribution in [2.24, 2.45) is 0 Å². The fourth-order valence-corrected chi connectivity index (χ4v) is 2.43. The maximum absolute atomic E-state index is 11.7. The quantitative estimate of drug-likeness (QED) is 0.729. The van der Waals surface area contributed by atoms with Crippen LogP contribution in [0.3, 0.4) is 0 Å². The molecule has 1 aromatic carbocycles. The average molecular weight is 256 g/mol. The van der Waals surface area contributed by atoms with Crippen molar-refractivity contribution in [3.63, 3.8) is 0 Å². The Morgan fingerprint density at radius 1 is 1.12 bits per heavy atom. The minimum absolute atomic E-state index is 0.0936. The molecule has 0 bridgehead atoms. The third kappa shape index (κ3) is 5.19. The molecule has 0 aliphatic rings. The summed E-state index contributed by atoms with van der Waals surface area (Å²) < 4.78 is 25.9. The highest BCUT2D eigenvalue weighted by Crippen LogP contribution is 2.11. The smallest absolute Gasteiger partial charge is 0.233 e. The highest BCUT2D eigenvalue weighted by molar-refractivity contribution is 7.92. The van der Waals surface area contributed by atoms with Gasteiger partial charge in [-0.05, 0) is 30.7 Å². The Balaban J connectivity index is 2.56. The Labute approximate surface area is 103 Å². The largest absolute Gasteiger partial charge is 0.316 e. The number of anilines is 1. The van der Waals surface area contributed by atoms with Crippen LogP contribution in [0.1, 0.15) is 19.4 Å². The highest BCUT2D eigenvalue weighted by Gasteiger charge is 2.09. The lowest BCUT2D eigenvalue weighted by molar-refractivity contribution is 0.597. The topological polar surface area (TPSA) is 58.2 Å². The van der Waals surface area contributed by atoms with Gasteiger partial charge in [-0.2, -0.15) is 0 Å². The van der Waals surface area contributed by atoms with Gasteiger partial charge in [0.25, 0.3) is 0 Å². The van der Waals surface area contributed by atoms with Crippen molar-refractivity contribution >= 4 is 15.7 Å². The molecule has 0 atom stereocenters. The molecule has 0 spiro atoms. The minimum Gasteiger partial charge on any atom is -0.316 e. The zero-order chi connectivity index (χ0) is 12.7. The van der Waals surface area contributed by atoms with Gasteiger partial charge in [0.15, 0.2) is 0 Å². The molecule has 0 fully saturated rings. The zero-order valence-electron chi connectivity index (χ0n) is 10.4. The van der Waals surface area contributed by atoms with Gasteiger partial charge in [0, 0.05) is 12.2 Å². The number of aryl methyl sites for hydroxylation is 1. The predicted octanol–water partition coefficient (Wildman–Crippen LogP) is 1.60. The fraction of sp³-hybridized carbons (Fsp3) is 0.500. The fourth-order valence-electron chi connectivity index (χ4n) is 1.42. The van der Waals surface area contributed by atoms with Crippen LogP contribution in [0, 0.1) is 0 Å². The first kappa shape index (κ1) is 14.0. The molecule has 4 nitrogen and oxygen atoms in total. The molecule has 17 heavy (non-hydrogen) atoms. The minimum atomic E-state index is -3.24. The Bertz CT molecular complexity index is 426. The molecule has 0 amide bonds. The van der Waals surface area contributed by atoms with Gasteiger partial charge in [0.2, 0.25) is 10.0 Å². The van der Waals surface area contributed by atoms with Crippen LogP contribution >= 0.6 is 0 Å². The van der Waals surface area contributed by atoms with Crippen LogP contribution in [0.5, 0.6) is 0 Å². The summed E-state index contributed by atoms with van der Waals surface area (Å²) in [5.41, 5.74) is 1.82. The molecule has 0 aromatic heterocycles. The van der Waals surface area contributed by atoms with Crippen LogP contribution in [0.15, 0.2) is 24.3 Å². The summed E-state index contributed by atoms with van der Waals surface area (Å²) in [5.74, 6) is 0.0936. The van der Waals surface area contributed by atoms with Gasteiger partial charge in [0.05, 0.1) is 5.75 Å². The number of hydrogen-bond donors (Lipinski definition) is 2. The van der Waals surface area contributed by atoms with Gasteiger partial charge in [-0.1, -0.05) is 26.0 Å². The first-order valence-corrected chi connectivity index (χ1v) is 7.52. The van der Waals surface area contributed by atoms with Crippen LogP contribution in [-0.2, 0) is 16.4 Å². The molecule has 5 heteroatoms. The molecule has 0 aliphatic carbocycles. The van der Waals surface area contributed by atoms with Gasteiger partial charge in [-0.3, -0.25) is 4.72 Å². The lowest BCUT2D eigenvalue weighted by Gasteiger charge is -2.08. The van der Waals surface area contributed by atoms with Gasteiger partial charge in [-0.25, -0.2) is 8.42 Å². The van der Waals surface area contributed by atoms with Gasteiger partial charge >= 0.3 is 0 Å². The lowest BCUT2D eigenvalue weighted by atomic mass is 10.2. The summed E-state index contributed by atoms with van der Waals surface area (Å²) in [5, 5.41) is 2.99. The number of hydrogen-bond acceptors (Lipinski definition) is 3. The normalized spacial score (nSPS) is 11.4. The van der Waals surface area contributed by atoms with Crippen molar-refractivity contribution < 1.29 is 8.42 Å². The summed E-state index contributed by atoms with van der Waals surface area (Å²) in [7, 11) is -3.24. The number of sulfonamides is 1. The molecule has 0 heterocycles. The second-order valence-corrected chi connectivity index (χ2v) is 5.67. The molecular weight excluding hydrogens is 236 g/mol. The number of rotatable bonds is 7. The summed E-state index contributed by atoms with van der Waals surface area (Å²) in [6, 6.07) is 7.46. The van der Waals surface area contributed by atoms with E-state index in [1.807, 2.05) is 19.1 Å². The second-order valence-electron chi connectivity index (χ2n) is 3.82. The molecule has 0 unspecified atom stereocenters. The van der Waals surface area contributed by atoms with E-state index in [0.29, 0.717) is 12.2 Å². The van der Waals surface area contributed by atoms with E-state index in [1.165, 1.54) is 5.56 Å². The van der Waals surface area contributed by atoms with Crippen molar-refractivity contribution in [2.45, 2.75) is 20.3 Å². The van der Waals surface area contributed by atoms with Crippen molar-refractivity contribution in [3.8, 4) is 0 Å². The van der Waals surface area contributed by atoms with Gasteiger partial charge in [0.1, 0.15) is 0 Å². The van der Waals surface area contributed by atoms with Crippen LogP contribution in [0.2, 0.25) is 0 Å². The van der Waals surface area contributed by atoms with Crippen molar-refractivity contribution in [1.29, 1.82) is 0 Å². The summed E-state index contributed by atoms with van der Waals surface area (Å²) in [6.07, 6.45) is 0.952. The van der Waals surface area contributed by atoms with Crippen LogP contribution in [0.4, 0.5) is 5.69 Å². The Morgan fingerprint density at radius 2 is 1.76 bits per heavy atom. The van der Waals surface area contributed by atoms with E-state index >= 15 is 0 Å².